The minimum atomic E-state index is -0.0402. The quantitative estimate of drug-likeness (QED) is 0.740. The average molecular weight is 367 g/mol. The van der Waals surface area contributed by atoms with E-state index >= 15 is 0 Å². The van der Waals surface area contributed by atoms with Crippen LogP contribution in [-0.4, -0.2) is 38.0 Å². The van der Waals surface area contributed by atoms with Crippen molar-refractivity contribution in [2.45, 2.75) is 27.2 Å². The fourth-order valence-corrected chi connectivity index (χ4v) is 3.05. The third-order valence-electron chi connectivity index (χ3n) is 4.54. The number of nitrogens with zero attached hydrogens (tertiary/aromatic N) is 2. The molecule has 0 aliphatic carbocycles. The molecule has 0 radical (unpaired) electrons. The van der Waals surface area contributed by atoms with Crippen LogP contribution in [0.2, 0.25) is 0 Å². The predicted octanol–water partition coefficient (Wildman–Crippen LogP) is 3.24. The maximum Gasteiger partial charge on any atom is 0.224 e. The van der Waals surface area contributed by atoms with Gasteiger partial charge in [-0.25, -0.2) is 0 Å². The first-order valence-electron chi connectivity index (χ1n) is 9.48. The van der Waals surface area contributed by atoms with Crippen molar-refractivity contribution in [1.29, 1.82) is 0 Å². The molecule has 5 heteroatoms. The highest BCUT2D eigenvalue weighted by Crippen LogP contribution is 2.20. The minimum absolute atomic E-state index is 0.0390. The van der Waals surface area contributed by atoms with Crippen LogP contribution in [0.15, 0.2) is 54.6 Å². The summed E-state index contributed by atoms with van der Waals surface area (Å²) in [6.45, 7) is 8.54. The second-order valence-electron chi connectivity index (χ2n) is 6.37. The SMILES string of the molecule is CCN(CC)c1ccc(N(CCNC(=O)Cc2ccccc2)C(C)=O)cc1. The van der Waals surface area contributed by atoms with Gasteiger partial charge in [-0.05, 0) is 43.7 Å². The number of nitrogens with one attached hydrogen (secondary N) is 1. The summed E-state index contributed by atoms with van der Waals surface area (Å²) in [6, 6.07) is 17.6. The van der Waals surface area contributed by atoms with E-state index < -0.39 is 0 Å². The molecule has 0 spiro atoms. The van der Waals surface area contributed by atoms with E-state index in [0.29, 0.717) is 19.5 Å². The number of anilines is 2. The van der Waals surface area contributed by atoms with Crippen LogP contribution in [0.5, 0.6) is 0 Å². The number of hydrogen-bond acceptors (Lipinski definition) is 3. The first-order valence-corrected chi connectivity index (χ1v) is 9.48. The van der Waals surface area contributed by atoms with Crippen LogP contribution < -0.4 is 15.1 Å². The molecule has 5 nitrogen and oxygen atoms in total. The van der Waals surface area contributed by atoms with Crippen LogP contribution in [0.25, 0.3) is 0 Å². The fourth-order valence-electron chi connectivity index (χ4n) is 3.05. The molecule has 27 heavy (non-hydrogen) atoms. The predicted molar refractivity (Wildman–Crippen MR) is 111 cm³/mol. The highest BCUT2D eigenvalue weighted by molar-refractivity contribution is 5.91. The molecule has 144 valence electrons. The molecule has 2 aromatic rings. The Morgan fingerprint density at radius 3 is 2.04 bits per heavy atom. The molecule has 0 saturated carbocycles. The standard InChI is InChI=1S/C22H29N3O2/c1-4-24(5-2)20-11-13-21(14-12-20)25(18(3)26)16-15-23-22(27)17-19-9-7-6-8-10-19/h6-14H,4-5,15-17H2,1-3H3,(H,23,27). The summed E-state index contributed by atoms with van der Waals surface area (Å²) in [6.07, 6.45) is 0.347. The van der Waals surface area contributed by atoms with Gasteiger partial charge >= 0.3 is 0 Å². The van der Waals surface area contributed by atoms with Gasteiger partial charge in [0.25, 0.3) is 0 Å². The molecule has 0 bridgehead atoms. The average Bonchev–Trinajstić information content (AvgIpc) is 2.67. The Balaban J connectivity index is 1.91. The number of rotatable bonds is 9. The molecule has 0 saturated heterocycles. The van der Waals surface area contributed by atoms with Gasteiger partial charge in [-0.3, -0.25) is 9.59 Å². The minimum Gasteiger partial charge on any atom is -0.372 e. The molecule has 0 aliphatic rings. The molecule has 0 aliphatic heterocycles. The largest absolute Gasteiger partial charge is 0.372 e. The van der Waals surface area contributed by atoms with E-state index in [2.05, 4.69) is 24.1 Å². The molecule has 0 fully saturated rings. The van der Waals surface area contributed by atoms with Gasteiger partial charge in [-0.2, -0.15) is 0 Å². The third kappa shape index (κ3) is 6.13. The number of carbonyl (C=O) groups is 2. The number of benzene rings is 2. The molecular weight excluding hydrogens is 338 g/mol. The lowest BCUT2D eigenvalue weighted by Crippen LogP contribution is -2.38. The fraction of sp³-hybridized carbons (Fsp3) is 0.364. The van der Waals surface area contributed by atoms with Crippen molar-refractivity contribution in [3.8, 4) is 0 Å². The van der Waals surface area contributed by atoms with Crippen LogP contribution in [0, 0.1) is 0 Å². The van der Waals surface area contributed by atoms with Crippen molar-refractivity contribution in [3.63, 3.8) is 0 Å². The molecule has 2 rings (SSSR count). The highest BCUT2D eigenvalue weighted by Gasteiger charge is 2.12. The van der Waals surface area contributed by atoms with E-state index in [1.807, 2.05) is 54.6 Å². The molecule has 0 aromatic heterocycles. The topological polar surface area (TPSA) is 52.6 Å². The summed E-state index contributed by atoms with van der Waals surface area (Å²) in [4.78, 5) is 28.1. The molecule has 1 N–H and O–H groups in total. The smallest absolute Gasteiger partial charge is 0.224 e. The van der Waals surface area contributed by atoms with Crippen molar-refractivity contribution in [2.75, 3.05) is 36.0 Å². The van der Waals surface area contributed by atoms with Gasteiger partial charge in [0.15, 0.2) is 0 Å². The van der Waals surface area contributed by atoms with E-state index in [1.165, 1.54) is 0 Å². The summed E-state index contributed by atoms with van der Waals surface area (Å²) < 4.78 is 0. The van der Waals surface area contributed by atoms with E-state index in [4.69, 9.17) is 0 Å². The highest BCUT2D eigenvalue weighted by atomic mass is 16.2. The Labute approximate surface area is 162 Å². The van der Waals surface area contributed by atoms with Crippen molar-refractivity contribution in [3.05, 3.63) is 60.2 Å². The lowest BCUT2D eigenvalue weighted by Gasteiger charge is -2.24. The molecule has 0 unspecified atom stereocenters. The van der Waals surface area contributed by atoms with E-state index in [0.717, 1.165) is 30.0 Å². The van der Waals surface area contributed by atoms with Crippen LogP contribution in [0.3, 0.4) is 0 Å². The van der Waals surface area contributed by atoms with E-state index in [-0.39, 0.29) is 11.8 Å². The summed E-state index contributed by atoms with van der Waals surface area (Å²) in [5.41, 5.74) is 2.96. The molecule has 2 amide bonds. The lowest BCUT2D eigenvalue weighted by molar-refractivity contribution is -0.121. The van der Waals surface area contributed by atoms with Crippen molar-refractivity contribution < 1.29 is 9.59 Å². The van der Waals surface area contributed by atoms with E-state index in [9.17, 15) is 9.59 Å². The normalized spacial score (nSPS) is 10.3. The Morgan fingerprint density at radius 1 is 0.889 bits per heavy atom. The van der Waals surface area contributed by atoms with Gasteiger partial charge in [0.1, 0.15) is 0 Å². The number of carbonyl (C=O) groups excluding carboxylic acids is 2. The van der Waals surface area contributed by atoms with Gasteiger partial charge in [0.05, 0.1) is 6.42 Å². The second-order valence-corrected chi connectivity index (χ2v) is 6.37. The molecule has 0 atom stereocenters. The van der Waals surface area contributed by atoms with Gasteiger partial charge in [0.2, 0.25) is 11.8 Å². The van der Waals surface area contributed by atoms with Crippen LogP contribution in [-0.2, 0) is 16.0 Å². The summed E-state index contributed by atoms with van der Waals surface area (Å²) >= 11 is 0. The maximum atomic E-state index is 12.1. The van der Waals surface area contributed by atoms with Gasteiger partial charge in [-0.15, -0.1) is 0 Å². The van der Waals surface area contributed by atoms with E-state index in [1.54, 1.807) is 11.8 Å². The molecule has 0 heterocycles. The van der Waals surface area contributed by atoms with Gasteiger partial charge < -0.3 is 15.1 Å². The summed E-state index contributed by atoms with van der Waals surface area (Å²) in [7, 11) is 0. The first kappa shape index (κ1) is 20.5. The van der Waals surface area contributed by atoms with Crippen molar-refractivity contribution in [1.82, 2.24) is 5.32 Å². The molecule has 2 aromatic carbocycles. The zero-order chi connectivity index (χ0) is 19.6. The number of amides is 2. The Morgan fingerprint density at radius 2 is 1.48 bits per heavy atom. The zero-order valence-electron chi connectivity index (χ0n) is 16.4. The van der Waals surface area contributed by atoms with Crippen LogP contribution >= 0.6 is 0 Å². The van der Waals surface area contributed by atoms with Crippen molar-refractivity contribution >= 4 is 23.2 Å². The van der Waals surface area contributed by atoms with Gasteiger partial charge in [0, 0.05) is 44.5 Å². The van der Waals surface area contributed by atoms with Gasteiger partial charge in [-0.1, -0.05) is 30.3 Å². The zero-order valence-corrected chi connectivity index (χ0v) is 16.4. The Bertz CT molecular complexity index is 725. The molecular formula is C22H29N3O2. The van der Waals surface area contributed by atoms with Crippen LogP contribution in [0.4, 0.5) is 11.4 Å². The third-order valence-corrected chi connectivity index (χ3v) is 4.54. The Kier molecular flexibility index (Phi) is 7.86. The Hall–Kier alpha value is -2.82. The monoisotopic (exact) mass is 367 g/mol. The van der Waals surface area contributed by atoms with Crippen molar-refractivity contribution in [2.24, 2.45) is 0 Å². The summed E-state index contributed by atoms with van der Waals surface area (Å²) in [5, 5.41) is 2.89. The first-order chi connectivity index (χ1) is 13.0. The maximum absolute atomic E-state index is 12.1. The summed E-state index contributed by atoms with van der Waals surface area (Å²) in [5.74, 6) is -0.0792. The lowest BCUT2D eigenvalue weighted by atomic mass is 10.1. The van der Waals surface area contributed by atoms with Crippen LogP contribution in [0.1, 0.15) is 26.3 Å². The number of hydrogen-bond donors (Lipinski definition) is 1. The second kappa shape index (κ2) is 10.4.